The van der Waals surface area contributed by atoms with Gasteiger partial charge in [-0.2, -0.15) is 0 Å². The van der Waals surface area contributed by atoms with Gasteiger partial charge in [-0.1, -0.05) is 17.7 Å². The number of aromatic carboxylic acids is 1. The number of halogens is 2. The Labute approximate surface area is 149 Å². The number of fused-ring (bicyclic) bond motifs is 1. The number of pyridine rings is 1. The van der Waals surface area contributed by atoms with Crippen LogP contribution >= 0.6 is 24.0 Å². The Hall–Kier alpha value is -2.50. The van der Waals surface area contributed by atoms with Crippen LogP contribution in [0, 0.1) is 0 Å². The van der Waals surface area contributed by atoms with Crippen molar-refractivity contribution in [1.29, 1.82) is 0 Å². The normalized spacial score (nSPS) is 10.1. The van der Waals surface area contributed by atoms with Gasteiger partial charge >= 0.3 is 5.97 Å². The second-order valence-electron chi connectivity index (χ2n) is 4.87. The molecule has 0 spiro atoms. The van der Waals surface area contributed by atoms with E-state index >= 15 is 0 Å². The number of hydrogen-bond donors (Lipinski definition) is 2. The van der Waals surface area contributed by atoms with Crippen LogP contribution in [0.3, 0.4) is 0 Å². The van der Waals surface area contributed by atoms with E-state index in [1.54, 1.807) is 43.5 Å². The lowest BCUT2D eigenvalue weighted by Gasteiger charge is -2.13. The molecule has 0 saturated heterocycles. The van der Waals surface area contributed by atoms with Gasteiger partial charge in [0.25, 0.3) is 0 Å². The molecule has 1 aromatic heterocycles. The smallest absolute Gasteiger partial charge is 0.339 e. The Kier molecular flexibility index (Phi) is 5.49. The summed E-state index contributed by atoms with van der Waals surface area (Å²) in [4.78, 5) is 15.7. The lowest BCUT2D eigenvalue weighted by molar-refractivity contribution is 0.0697. The average Bonchev–Trinajstić information content (AvgIpc) is 2.54. The number of anilines is 2. The van der Waals surface area contributed by atoms with E-state index in [9.17, 15) is 9.90 Å². The number of nitrogens with one attached hydrogen (secondary N) is 1. The molecule has 5 nitrogen and oxygen atoms in total. The molecule has 0 fully saturated rings. The monoisotopic (exact) mass is 364 g/mol. The predicted molar refractivity (Wildman–Crippen MR) is 97.2 cm³/mol. The van der Waals surface area contributed by atoms with E-state index in [-0.39, 0.29) is 18.0 Å². The SMILES string of the molecule is COc1ccc2ncc(C(=O)O)c(Nc3cccc(Cl)c3)c2c1.Cl. The highest BCUT2D eigenvalue weighted by Gasteiger charge is 2.15. The third-order valence-corrected chi connectivity index (χ3v) is 3.63. The number of benzene rings is 2. The quantitative estimate of drug-likeness (QED) is 0.698. The first kappa shape index (κ1) is 17.8. The van der Waals surface area contributed by atoms with E-state index in [1.807, 2.05) is 6.07 Å². The molecule has 1 heterocycles. The van der Waals surface area contributed by atoms with Gasteiger partial charge in [-0.25, -0.2) is 4.79 Å². The second-order valence-corrected chi connectivity index (χ2v) is 5.31. The summed E-state index contributed by atoms with van der Waals surface area (Å²) >= 11 is 5.99. The van der Waals surface area contributed by atoms with Crippen molar-refractivity contribution >= 4 is 52.3 Å². The standard InChI is InChI=1S/C17H13ClN2O3.ClH/c1-23-12-5-6-15-13(8-12)16(14(9-19-15)17(21)22)20-11-4-2-3-10(18)7-11;/h2-9H,1H3,(H,19,20)(H,21,22);1H. The summed E-state index contributed by atoms with van der Waals surface area (Å²) < 4.78 is 5.22. The van der Waals surface area contributed by atoms with Crippen molar-refractivity contribution in [2.24, 2.45) is 0 Å². The first-order valence-electron chi connectivity index (χ1n) is 6.81. The highest BCUT2D eigenvalue weighted by molar-refractivity contribution is 6.30. The highest BCUT2D eigenvalue weighted by atomic mass is 35.5. The van der Waals surface area contributed by atoms with Crippen LogP contribution in [0.5, 0.6) is 5.75 Å². The molecule has 7 heteroatoms. The van der Waals surface area contributed by atoms with Crippen molar-refractivity contribution in [3.8, 4) is 5.75 Å². The molecule has 2 aromatic carbocycles. The Bertz CT molecular complexity index is 900. The molecule has 0 atom stereocenters. The summed E-state index contributed by atoms with van der Waals surface area (Å²) in [6.07, 6.45) is 1.34. The molecular weight excluding hydrogens is 351 g/mol. The fourth-order valence-corrected chi connectivity index (χ4v) is 2.50. The zero-order valence-electron chi connectivity index (χ0n) is 12.6. The maximum Gasteiger partial charge on any atom is 0.339 e. The van der Waals surface area contributed by atoms with Gasteiger partial charge in [0, 0.05) is 22.3 Å². The lowest BCUT2D eigenvalue weighted by atomic mass is 10.1. The van der Waals surface area contributed by atoms with Gasteiger partial charge in [0.1, 0.15) is 11.3 Å². The molecule has 3 aromatic rings. The molecule has 0 saturated carbocycles. The summed E-state index contributed by atoms with van der Waals surface area (Å²) in [6, 6.07) is 12.4. The summed E-state index contributed by atoms with van der Waals surface area (Å²) in [6.45, 7) is 0. The number of methoxy groups -OCH3 is 1. The van der Waals surface area contributed by atoms with Gasteiger partial charge in [-0.05, 0) is 36.4 Å². The Balaban J connectivity index is 0.00000208. The van der Waals surface area contributed by atoms with Gasteiger partial charge in [0.05, 0.1) is 18.3 Å². The molecule has 0 aliphatic rings. The number of carboxylic acid groups (broad SMARTS) is 1. The molecule has 2 N–H and O–H groups in total. The maximum absolute atomic E-state index is 11.5. The van der Waals surface area contributed by atoms with Gasteiger partial charge < -0.3 is 15.2 Å². The van der Waals surface area contributed by atoms with Crippen molar-refractivity contribution in [1.82, 2.24) is 4.98 Å². The minimum atomic E-state index is -1.06. The number of carboxylic acids is 1. The molecule has 24 heavy (non-hydrogen) atoms. The zero-order chi connectivity index (χ0) is 16.4. The molecule has 0 aliphatic carbocycles. The van der Waals surface area contributed by atoms with Gasteiger partial charge in [0.15, 0.2) is 0 Å². The summed E-state index contributed by atoms with van der Waals surface area (Å²) in [7, 11) is 1.56. The van der Waals surface area contributed by atoms with Crippen molar-refractivity contribution in [2.45, 2.75) is 0 Å². The van der Waals surface area contributed by atoms with E-state index in [0.29, 0.717) is 33.0 Å². The van der Waals surface area contributed by atoms with E-state index in [4.69, 9.17) is 16.3 Å². The van der Waals surface area contributed by atoms with Crippen LogP contribution in [0.1, 0.15) is 10.4 Å². The Morgan fingerprint density at radius 1 is 1.25 bits per heavy atom. The molecule has 3 rings (SSSR count). The minimum absolute atomic E-state index is 0. The fourth-order valence-electron chi connectivity index (χ4n) is 2.31. The Morgan fingerprint density at radius 3 is 2.71 bits per heavy atom. The van der Waals surface area contributed by atoms with Crippen LogP contribution in [0.25, 0.3) is 10.9 Å². The van der Waals surface area contributed by atoms with Crippen LogP contribution in [0.2, 0.25) is 5.02 Å². The summed E-state index contributed by atoms with van der Waals surface area (Å²) in [5.41, 5.74) is 1.88. The summed E-state index contributed by atoms with van der Waals surface area (Å²) in [5, 5.41) is 13.8. The van der Waals surface area contributed by atoms with Crippen molar-refractivity contribution < 1.29 is 14.6 Å². The van der Waals surface area contributed by atoms with E-state index in [0.717, 1.165) is 0 Å². The van der Waals surface area contributed by atoms with Gasteiger partial charge in [0.2, 0.25) is 0 Å². The van der Waals surface area contributed by atoms with Crippen LogP contribution in [-0.4, -0.2) is 23.2 Å². The number of carbonyl (C=O) groups is 1. The molecular formula is C17H14Cl2N2O3. The van der Waals surface area contributed by atoms with Crippen LogP contribution < -0.4 is 10.1 Å². The Morgan fingerprint density at radius 2 is 2.04 bits per heavy atom. The highest BCUT2D eigenvalue weighted by Crippen LogP contribution is 2.32. The number of nitrogens with zero attached hydrogens (tertiary/aromatic N) is 1. The third-order valence-electron chi connectivity index (χ3n) is 3.40. The first-order valence-corrected chi connectivity index (χ1v) is 7.19. The molecule has 0 radical (unpaired) electrons. The van der Waals surface area contributed by atoms with Crippen molar-refractivity contribution in [3.05, 3.63) is 59.2 Å². The zero-order valence-corrected chi connectivity index (χ0v) is 14.2. The topological polar surface area (TPSA) is 71.5 Å². The van der Waals surface area contributed by atoms with E-state index in [1.165, 1.54) is 6.20 Å². The van der Waals surface area contributed by atoms with Crippen molar-refractivity contribution in [2.75, 3.05) is 12.4 Å². The molecule has 0 amide bonds. The molecule has 0 bridgehead atoms. The van der Waals surface area contributed by atoms with E-state index in [2.05, 4.69) is 10.3 Å². The number of aromatic nitrogens is 1. The molecule has 0 aliphatic heterocycles. The predicted octanol–water partition coefficient (Wildman–Crippen LogP) is 4.76. The number of hydrogen-bond acceptors (Lipinski definition) is 4. The van der Waals surface area contributed by atoms with Crippen molar-refractivity contribution in [3.63, 3.8) is 0 Å². The number of ether oxygens (including phenoxy) is 1. The van der Waals surface area contributed by atoms with Gasteiger partial charge in [-0.15, -0.1) is 12.4 Å². The summed E-state index contributed by atoms with van der Waals surface area (Å²) in [5.74, 6) is -0.442. The first-order chi connectivity index (χ1) is 11.1. The largest absolute Gasteiger partial charge is 0.497 e. The number of rotatable bonds is 4. The maximum atomic E-state index is 11.5. The average molecular weight is 365 g/mol. The van der Waals surface area contributed by atoms with E-state index < -0.39 is 5.97 Å². The molecule has 124 valence electrons. The lowest BCUT2D eigenvalue weighted by Crippen LogP contribution is -2.05. The molecule has 0 unspecified atom stereocenters. The minimum Gasteiger partial charge on any atom is -0.497 e. The van der Waals surface area contributed by atoms with Crippen LogP contribution in [0.15, 0.2) is 48.7 Å². The second kappa shape index (κ2) is 7.38. The van der Waals surface area contributed by atoms with Crippen LogP contribution in [-0.2, 0) is 0 Å². The van der Waals surface area contributed by atoms with Gasteiger partial charge in [-0.3, -0.25) is 4.98 Å². The third kappa shape index (κ3) is 3.53. The fraction of sp³-hybridized carbons (Fsp3) is 0.0588. The van der Waals surface area contributed by atoms with Crippen LogP contribution in [0.4, 0.5) is 11.4 Å².